The molecule has 9 nitrogen and oxygen atoms in total. The average Bonchev–Trinajstić information content (AvgIpc) is 2.93. The number of aliphatic hydroxyl groups is 2. The first-order valence-electron chi connectivity index (χ1n) is 6.19. The van der Waals surface area contributed by atoms with Gasteiger partial charge in [-0.2, -0.15) is 4.98 Å². The Balaban J connectivity index is 2.09. The number of aromatic nitrogens is 4. The lowest BCUT2D eigenvalue weighted by Crippen LogP contribution is -2.25. The highest BCUT2D eigenvalue weighted by molar-refractivity contribution is 5.70. The van der Waals surface area contributed by atoms with Crippen molar-refractivity contribution in [1.29, 1.82) is 0 Å². The van der Waals surface area contributed by atoms with Crippen LogP contribution in [0.1, 0.15) is 13.2 Å². The van der Waals surface area contributed by atoms with Gasteiger partial charge in [0, 0.05) is 5.92 Å². The van der Waals surface area contributed by atoms with Crippen LogP contribution in [0.5, 0.6) is 0 Å². The molecule has 2 aromatic rings. The van der Waals surface area contributed by atoms with Crippen LogP contribution in [0.4, 0.5) is 5.95 Å². The standard InChI is InChI=1S/C11H15N5O4/c1-4-5(2-17)20-10(7(4)18)16-3-13-6-8(16)14-11(12)15-9(6)19/h3-5,7,10,17-18H,2H2,1H3,(H3,12,14,15,19)/t4?,5-,7?,10-/m1/s1. The quantitative estimate of drug-likeness (QED) is 0.530. The molecule has 0 bridgehead atoms. The molecule has 1 aliphatic heterocycles. The van der Waals surface area contributed by atoms with Crippen LogP contribution in [0, 0.1) is 5.92 Å². The maximum Gasteiger partial charge on any atom is 0.280 e. The molecule has 1 aliphatic rings. The van der Waals surface area contributed by atoms with E-state index in [1.165, 1.54) is 10.9 Å². The van der Waals surface area contributed by atoms with Gasteiger partial charge in [0.25, 0.3) is 5.56 Å². The van der Waals surface area contributed by atoms with E-state index in [1.54, 1.807) is 6.92 Å². The van der Waals surface area contributed by atoms with Crippen LogP contribution in [-0.4, -0.2) is 48.5 Å². The van der Waals surface area contributed by atoms with E-state index >= 15 is 0 Å². The summed E-state index contributed by atoms with van der Waals surface area (Å²) in [6, 6.07) is 0. The molecule has 0 saturated carbocycles. The van der Waals surface area contributed by atoms with Gasteiger partial charge in [-0.05, 0) is 0 Å². The number of aromatic amines is 1. The van der Waals surface area contributed by atoms with E-state index in [2.05, 4.69) is 15.0 Å². The van der Waals surface area contributed by atoms with Crippen molar-refractivity contribution in [3.05, 3.63) is 16.7 Å². The van der Waals surface area contributed by atoms with Crippen LogP contribution >= 0.6 is 0 Å². The van der Waals surface area contributed by atoms with Gasteiger partial charge in [-0.15, -0.1) is 0 Å². The Kier molecular flexibility index (Phi) is 2.96. The SMILES string of the molecule is CC1C(O)[C@H](n2cnc3c(=O)[nH]c(N)nc32)O[C@@H]1CO. The third-order valence-electron chi connectivity index (χ3n) is 3.64. The lowest BCUT2D eigenvalue weighted by molar-refractivity contribution is -0.0491. The van der Waals surface area contributed by atoms with Crippen LogP contribution < -0.4 is 11.3 Å². The minimum atomic E-state index is -0.841. The third kappa shape index (κ3) is 1.79. The smallest absolute Gasteiger partial charge is 0.280 e. The highest BCUT2D eigenvalue weighted by atomic mass is 16.5. The van der Waals surface area contributed by atoms with Crippen LogP contribution in [0.15, 0.2) is 11.1 Å². The molecule has 1 fully saturated rings. The van der Waals surface area contributed by atoms with Gasteiger partial charge < -0.3 is 20.7 Å². The van der Waals surface area contributed by atoms with E-state index in [0.717, 1.165) is 0 Å². The maximum absolute atomic E-state index is 11.7. The second kappa shape index (κ2) is 4.54. The van der Waals surface area contributed by atoms with E-state index in [1.807, 2.05) is 0 Å². The van der Waals surface area contributed by atoms with E-state index < -0.39 is 24.0 Å². The van der Waals surface area contributed by atoms with Gasteiger partial charge in [-0.3, -0.25) is 14.3 Å². The number of hydrogen-bond acceptors (Lipinski definition) is 7. The van der Waals surface area contributed by atoms with E-state index in [0.29, 0.717) is 0 Å². The number of aliphatic hydroxyl groups excluding tert-OH is 2. The summed E-state index contributed by atoms with van der Waals surface area (Å²) < 4.78 is 7.05. The second-order valence-corrected chi connectivity index (χ2v) is 4.87. The molecule has 0 aromatic carbocycles. The lowest BCUT2D eigenvalue weighted by Gasteiger charge is -2.16. The number of hydrogen-bond donors (Lipinski definition) is 4. The summed E-state index contributed by atoms with van der Waals surface area (Å²) in [6.07, 6.45) is -0.716. The zero-order chi connectivity index (χ0) is 14.4. The first-order chi connectivity index (χ1) is 9.52. The van der Waals surface area contributed by atoms with Gasteiger partial charge in [0.05, 0.1) is 19.0 Å². The summed E-state index contributed by atoms with van der Waals surface area (Å²) in [5, 5.41) is 19.4. The van der Waals surface area contributed by atoms with Crippen molar-refractivity contribution < 1.29 is 14.9 Å². The summed E-state index contributed by atoms with van der Waals surface area (Å²) in [6.45, 7) is 1.58. The van der Waals surface area contributed by atoms with E-state index in [4.69, 9.17) is 10.5 Å². The van der Waals surface area contributed by atoms with Gasteiger partial charge in [-0.1, -0.05) is 6.92 Å². The van der Waals surface area contributed by atoms with Crippen molar-refractivity contribution in [1.82, 2.24) is 19.5 Å². The minimum absolute atomic E-state index is 0.0384. The molecule has 5 N–H and O–H groups in total. The average molecular weight is 281 g/mol. The predicted molar refractivity (Wildman–Crippen MR) is 68.7 cm³/mol. The summed E-state index contributed by atoms with van der Waals surface area (Å²) in [4.78, 5) is 22.0. The molecule has 1 saturated heterocycles. The summed E-state index contributed by atoms with van der Waals surface area (Å²) >= 11 is 0. The molecule has 2 unspecified atom stereocenters. The normalized spacial score (nSPS) is 30.1. The molecule has 9 heteroatoms. The largest absolute Gasteiger partial charge is 0.394 e. The van der Waals surface area contributed by atoms with Crippen LogP contribution in [-0.2, 0) is 4.74 Å². The Morgan fingerprint density at radius 3 is 3.00 bits per heavy atom. The Morgan fingerprint density at radius 2 is 2.35 bits per heavy atom. The number of ether oxygens (including phenoxy) is 1. The molecular weight excluding hydrogens is 266 g/mol. The number of nitrogens with one attached hydrogen (secondary N) is 1. The second-order valence-electron chi connectivity index (χ2n) is 4.87. The summed E-state index contributed by atoms with van der Waals surface area (Å²) in [5.74, 6) is -0.287. The Morgan fingerprint density at radius 1 is 1.60 bits per heavy atom. The molecular formula is C11H15N5O4. The first-order valence-corrected chi connectivity index (χ1v) is 6.19. The number of nitrogen functional groups attached to an aromatic ring is 1. The fourth-order valence-corrected chi connectivity index (χ4v) is 2.43. The number of nitrogens with zero attached hydrogens (tertiary/aromatic N) is 3. The molecule has 3 heterocycles. The molecule has 0 spiro atoms. The highest BCUT2D eigenvalue weighted by Gasteiger charge is 2.42. The van der Waals surface area contributed by atoms with Crippen LogP contribution in [0.25, 0.3) is 11.2 Å². The molecule has 0 aliphatic carbocycles. The molecule has 0 radical (unpaired) electrons. The number of nitrogens with two attached hydrogens (primary N) is 1. The Bertz CT molecular complexity index is 696. The number of anilines is 1. The Labute approximate surface area is 113 Å². The Hall–Kier alpha value is -1.97. The molecule has 0 amide bonds. The van der Waals surface area contributed by atoms with Crippen molar-refractivity contribution >= 4 is 17.1 Å². The number of rotatable bonds is 2. The fourth-order valence-electron chi connectivity index (χ4n) is 2.43. The lowest BCUT2D eigenvalue weighted by atomic mass is 10.0. The van der Waals surface area contributed by atoms with Crippen molar-refractivity contribution in [2.24, 2.45) is 5.92 Å². The molecule has 3 rings (SSSR count). The highest BCUT2D eigenvalue weighted by Crippen LogP contribution is 2.34. The number of H-pyrrole nitrogens is 1. The van der Waals surface area contributed by atoms with Gasteiger partial charge in [0.1, 0.15) is 6.10 Å². The van der Waals surface area contributed by atoms with Crippen molar-refractivity contribution in [3.8, 4) is 0 Å². The van der Waals surface area contributed by atoms with Crippen LogP contribution in [0.2, 0.25) is 0 Å². The van der Waals surface area contributed by atoms with Crippen molar-refractivity contribution in [2.75, 3.05) is 12.3 Å². The molecule has 20 heavy (non-hydrogen) atoms. The monoisotopic (exact) mass is 281 g/mol. The minimum Gasteiger partial charge on any atom is -0.394 e. The summed E-state index contributed by atoms with van der Waals surface area (Å²) in [5.41, 5.74) is 5.42. The topological polar surface area (TPSA) is 139 Å². The summed E-state index contributed by atoms with van der Waals surface area (Å²) in [7, 11) is 0. The molecule has 2 aromatic heterocycles. The zero-order valence-electron chi connectivity index (χ0n) is 10.7. The molecule has 4 atom stereocenters. The zero-order valence-corrected chi connectivity index (χ0v) is 10.7. The van der Waals surface area contributed by atoms with Gasteiger partial charge >= 0.3 is 0 Å². The van der Waals surface area contributed by atoms with Gasteiger partial charge in [-0.25, -0.2) is 4.98 Å². The van der Waals surface area contributed by atoms with Crippen LogP contribution in [0.3, 0.4) is 0 Å². The fraction of sp³-hybridized carbons (Fsp3) is 0.545. The predicted octanol–water partition coefficient (Wildman–Crippen LogP) is -1.41. The molecule has 108 valence electrons. The van der Waals surface area contributed by atoms with Crippen molar-refractivity contribution in [2.45, 2.75) is 25.4 Å². The van der Waals surface area contributed by atoms with E-state index in [9.17, 15) is 15.0 Å². The maximum atomic E-state index is 11.7. The van der Waals surface area contributed by atoms with Gasteiger partial charge in [0.15, 0.2) is 17.4 Å². The van der Waals surface area contributed by atoms with E-state index in [-0.39, 0.29) is 29.6 Å². The first kappa shape index (κ1) is 13.0. The number of imidazole rings is 1. The van der Waals surface area contributed by atoms with Crippen molar-refractivity contribution in [3.63, 3.8) is 0 Å². The number of fused-ring (bicyclic) bond motifs is 1. The third-order valence-corrected chi connectivity index (χ3v) is 3.64. The van der Waals surface area contributed by atoms with Gasteiger partial charge in [0.2, 0.25) is 5.95 Å².